The molecule has 2 aliphatic rings. The van der Waals surface area contributed by atoms with E-state index in [2.05, 4.69) is 211 Å². The summed E-state index contributed by atoms with van der Waals surface area (Å²) in [7, 11) is 0. The fraction of sp³-hybridized carbons (Fsp3) is 0.0179. The normalized spacial score (nSPS) is 15.1. The van der Waals surface area contributed by atoms with Crippen molar-refractivity contribution in [3.05, 3.63) is 228 Å². The molecule has 1 atom stereocenters. The van der Waals surface area contributed by atoms with Gasteiger partial charge in [0.05, 0.1) is 27.7 Å². The quantitative estimate of drug-likeness (QED) is 0.180. The van der Waals surface area contributed by atoms with Gasteiger partial charge >= 0.3 is 0 Å². The standard InChI is InChI=1S/C56H34N2O/c1-3-14-37(15-4-1)50-28-30-52-55(57-50)45-31-38(27-29-51(45)58(52)40-16-5-2-6-17-40)39-26-25-36-24-23-35-13-7-10-20-46(35)56(48(36)32-39)47-21-11-8-18-41(47)43-34-54-44(33-49(43)56)42-19-9-12-22-53(42)59-54/h1-34H. The number of nitrogens with zero attached hydrogens (tertiary/aromatic N) is 2. The van der Waals surface area contributed by atoms with Gasteiger partial charge in [-0.25, -0.2) is 4.98 Å². The van der Waals surface area contributed by atoms with E-state index in [1.165, 1.54) is 50.1 Å². The Bertz CT molecular complexity index is 3550. The molecule has 2 aliphatic carbocycles. The van der Waals surface area contributed by atoms with Crippen LogP contribution < -0.4 is 0 Å². The van der Waals surface area contributed by atoms with E-state index in [1.807, 2.05) is 0 Å². The predicted molar refractivity (Wildman–Crippen MR) is 243 cm³/mol. The molecule has 8 aromatic carbocycles. The van der Waals surface area contributed by atoms with Gasteiger partial charge in [0.2, 0.25) is 0 Å². The molecule has 0 bridgehead atoms. The second kappa shape index (κ2) is 12.1. The lowest BCUT2D eigenvalue weighted by molar-refractivity contribution is 0.668. The number of fused-ring (bicyclic) bond motifs is 15. The van der Waals surface area contributed by atoms with E-state index < -0.39 is 5.41 Å². The van der Waals surface area contributed by atoms with Gasteiger partial charge in [0.25, 0.3) is 0 Å². The van der Waals surface area contributed by atoms with Crippen LogP contribution in [0.4, 0.5) is 0 Å². The third-order valence-corrected chi connectivity index (χ3v) is 12.8. The summed E-state index contributed by atoms with van der Waals surface area (Å²) in [5.41, 5.74) is 20.0. The zero-order valence-corrected chi connectivity index (χ0v) is 31.9. The van der Waals surface area contributed by atoms with Gasteiger partial charge < -0.3 is 8.98 Å². The Kier molecular flexibility index (Phi) is 6.65. The van der Waals surface area contributed by atoms with Crippen LogP contribution in [0.3, 0.4) is 0 Å². The van der Waals surface area contributed by atoms with Crippen LogP contribution in [-0.4, -0.2) is 9.55 Å². The van der Waals surface area contributed by atoms with Crippen molar-refractivity contribution < 1.29 is 4.42 Å². The molecule has 1 unspecified atom stereocenters. The maximum atomic E-state index is 6.52. The Morgan fingerprint density at radius 1 is 0.407 bits per heavy atom. The van der Waals surface area contributed by atoms with Gasteiger partial charge in [-0.15, -0.1) is 0 Å². The second-order valence-electron chi connectivity index (χ2n) is 15.8. The first-order chi connectivity index (χ1) is 29.2. The highest BCUT2D eigenvalue weighted by molar-refractivity contribution is 6.10. The largest absolute Gasteiger partial charge is 0.456 e. The molecule has 0 saturated heterocycles. The minimum absolute atomic E-state index is 0.580. The predicted octanol–water partition coefficient (Wildman–Crippen LogP) is 14.3. The first kappa shape index (κ1) is 32.3. The maximum Gasteiger partial charge on any atom is 0.136 e. The van der Waals surface area contributed by atoms with E-state index in [0.717, 1.165) is 66.4 Å². The van der Waals surface area contributed by atoms with Crippen LogP contribution in [0.25, 0.3) is 95.2 Å². The van der Waals surface area contributed by atoms with Gasteiger partial charge in [0, 0.05) is 27.4 Å². The van der Waals surface area contributed by atoms with E-state index in [4.69, 9.17) is 9.40 Å². The molecule has 0 aliphatic heterocycles. The zero-order chi connectivity index (χ0) is 38.7. The molecule has 0 amide bonds. The SMILES string of the molecule is C1=Cc2ccc(-c3ccc4c(c3)c3nc(-c5ccccc5)ccc3n4-c3ccccc3)cc2C2(c3ccccc31)c1ccccc1-c1cc3oc4ccccc4c3cc12. The van der Waals surface area contributed by atoms with Crippen molar-refractivity contribution in [3.8, 4) is 39.2 Å². The van der Waals surface area contributed by atoms with Crippen molar-refractivity contribution >= 4 is 56.0 Å². The molecule has 3 heterocycles. The average Bonchev–Trinajstić information content (AvgIpc) is 3.89. The Morgan fingerprint density at radius 3 is 1.98 bits per heavy atom. The smallest absolute Gasteiger partial charge is 0.136 e. The van der Waals surface area contributed by atoms with Crippen molar-refractivity contribution in [2.24, 2.45) is 0 Å². The Balaban J connectivity index is 1.09. The average molecular weight is 751 g/mol. The third-order valence-electron chi connectivity index (χ3n) is 12.8. The first-order valence-corrected chi connectivity index (χ1v) is 20.3. The van der Waals surface area contributed by atoms with Crippen LogP contribution >= 0.6 is 0 Å². The summed E-state index contributed by atoms with van der Waals surface area (Å²) in [6.07, 6.45) is 4.61. The molecular weight excluding hydrogens is 717 g/mol. The molecular formula is C56H34N2O. The summed E-state index contributed by atoms with van der Waals surface area (Å²) in [4.78, 5) is 5.37. The number of benzene rings is 8. The summed E-state index contributed by atoms with van der Waals surface area (Å²) >= 11 is 0. The van der Waals surface area contributed by atoms with Gasteiger partial charge in [-0.05, 0) is 116 Å². The van der Waals surface area contributed by atoms with Gasteiger partial charge in [-0.1, -0.05) is 146 Å². The summed E-state index contributed by atoms with van der Waals surface area (Å²) < 4.78 is 8.86. The summed E-state index contributed by atoms with van der Waals surface area (Å²) in [5.74, 6) is 0. The molecule has 3 aromatic heterocycles. The molecule has 1 spiro atoms. The fourth-order valence-corrected chi connectivity index (χ4v) is 10.3. The van der Waals surface area contributed by atoms with Crippen LogP contribution in [0, 0.1) is 0 Å². The molecule has 3 heteroatoms. The molecule has 11 aromatic rings. The maximum absolute atomic E-state index is 6.52. The van der Waals surface area contributed by atoms with Crippen molar-refractivity contribution in [2.75, 3.05) is 0 Å². The number of pyridine rings is 1. The van der Waals surface area contributed by atoms with Gasteiger partial charge in [0.1, 0.15) is 11.2 Å². The van der Waals surface area contributed by atoms with E-state index in [0.29, 0.717) is 0 Å². The van der Waals surface area contributed by atoms with E-state index in [9.17, 15) is 0 Å². The Labute approximate surface area is 340 Å². The number of rotatable bonds is 3. The van der Waals surface area contributed by atoms with Gasteiger partial charge in [0.15, 0.2) is 0 Å². The van der Waals surface area contributed by atoms with Crippen LogP contribution in [-0.2, 0) is 5.41 Å². The van der Waals surface area contributed by atoms with E-state index in [1.54, 1.807) is 0 Å². The van der Waals surface area contributed by atoms with Crippen molar-refractivity contribution in [1.29, 1.82) is 0 Å². The molecule has 0 fully saturated rings. The van der Waals surface area contributed by atoms with Gasteiger partial charge in [-0.2, -0.15) is 0 Å². The second-order valence-corrected chi connectivity index (χ2v) is 15.8. The molecule has 274 valence electrons. The van der Waals surface area contributed by atoms with Crippen molar-refractivity contribution in [3.63, 3.8) is 0 Å². The van der Waals surface area contributed by atoms with E-state index >= 15 is 0 Å². The van der Waals surface area contributed by atoms with Crippen molar-refractivity contribution in [2.45, 2.75) is 5.41 Å². The Hall–Kier alpha value is -7.75. The highest BCUT2D eigenvalue weighted by atomic mass is 16.3. The molecule has 0 radical (unpaired) electrons. The summed E-state index contributed by atoms with van der Waals surface area (Å²) in [5, 5.41) is 3.40. The Morgan fingerprint density at radius 2 is 1.10 bits per heavy atom. The summed E-state index contributed by atoms with van der Waals surface area (Å²) in [6.45, 7) is 0. The third kappa shape index (κ3) is 4.50. The first-order valence-electron chi connectivity index (χ1n) is 20.3. The molecule has 13 rings (SSSR count). The van der Waals surface area contributed by atoms with Crippen LogP contribution in [0.1, 0.15) is 33.4 Å². The number of para-hydroxylation sites is 2. The van der Waals surface area contributed by atoms with Gasteiger partial charge in [-0.3, -0.25) is 0 Å². The highest BCUT2D eigenvalue weighted by Gasteiger charge is 2.49. The molecule has 0 saturated carbocycles. The van der Waals surface area contributed by atoms with Crippen molar-refractivity contribution in [1.82, 2.24) is 9.55 Å². The molecule has 59 heavy (non-hydrogen) atoms. The molecule has 0 N–H and O–H groups in total. The lowest BCUT2D eigenvalue weighted by atomic mass is 9.65. The fourth-order valence-electron chi connectivity index (χ4n) is 10.3. The molecule has 3 nitrogen and oxygen atoms in total. The van der Waals surface area contributed by atoms with Crippen LogP contribution in [0.2, 0.25) is 0 Å². The minimum Gasteiger partial charge on any atom is -0.456 e. The highest BCUT2D eigenvalue weighted by Crippen LogP contribution is 2.60. The summed E-state index contributed by atoms with van der Waals surface area (Å²) in [6, 6.07) is 70.5. The number of aromatic nitrogens is 2. The van der Waals surface area contributed by atoms with E-state index in [-0.39, 0.29) is 0 Å². The number of furan rings is 1. The van der Waals surface area contributed by atoms with Crippen LogP contribution in [0.5, 0.6) is 0 Å². The lowest BCUT2D eigenvalue weighted by Crippen LogP contribution is -2.30. The topological polar surface area (TPSA) is 31.0 Å². The lowest BCUT2D eigenvalue weighted by Gasteiger charge is -2.35. The number of hydrogen-bond acceptors (Lipinski definition) is 2. The number of hydrogen-bond donors (Lipinski definition) is 0. The minimum atomic E-state index is -0.580. The monoisotopic (exact) mass is 750 g/mol. The zero-order valence-electron chi connectivity index (χ0n) is 31.9. The van der Waals surface area contributed by atoms with Crippen LogP contribution in [0.15, 0.2) is 199 Å².